The van der Waals surface area contributed by atoms with E-state index >= 15 is 0 Å². The lowest BCUT2D eigenvalue weighted by Crippen LogP contribution is -2.19. The quantitative estimate of drug-likeness (QED) is 0.548. The fraction of sp³-hybridized carbons (Fsp3) is 0.667. The summed E-state index contributed by atoms with van der Waals surface area (Å²) in [7, 11) is 0. The Balaban J connectivity index is 3.27. The average molecular weight is 306 g/mol. The highest BCUT2D eigenvalue weighted by Crippen LogP contribution is 2.35. The lowest BCUT2D eigenvalue weighted by Gasteiger charge is -2.24. The number of nitrogens with one attached hydrogen (secondary N) is 4. The third-order valence-electron chi connectivity index (χ3n) is 2.93. The topological polar surface area (TPSA) is 48.1 Å². The lowest BCUT2D eigenvalue weighted by atomic mass is 10.1. The first-order valence-electron chi connectivity index (χ1n) is 8.43. The van der Waals surface area contributed by atoms with Crippen LogP contribution in [-0.4, -0.2) is 24.2 Å². The predicted molar refractivity (Wildman–Crippen MR) is 101 cm³/mol. The van der Waals surface area contributed by atoms with Gasteiger partial charge in [-0.15, -0.1) is 0 Å². The van der Waals surface area contributed by atoms with Gasteiger partial charge < -0.3 is 21.3 Å². The second kappa shape index (κ2) is 8.16. The largest absolute Gasteiger partial charge is 0.381 e. The van der Waals surface area contributed by atoms with Crippen LogP contribution in [0.5, 0.6) is 0 Å². The molecule has 0 amide bonds. The summed E-state index contributed by atoms with van der Waals surface area (Å²) in [6.45, 7) is 17.3. The van der Waals surface area contributed by atoms with Crippen LogP contribution in [0.2, 0.25) is 0 Å². The van der Waals surface area contributed by atoms with Gasteiger partial charge in [0.05, 0.1) is 22.7 Å². The fourth-order valence-corrected chi connectivity index (χ4v) is 2.32. The molecule has 0 aliphatic carbocycles. The van der Waals surface area contributed by atoms with Crippen molar-refractivity contribution < 1.29 is 0 Å². The van der Waals surface area contributed by atoms with Gasteiger partial charge in [0, 0.05) is 24.2 Å². The second-order valence-corrected chi connectivity index (χ2v) is 7.14. The third-order valence-corrected chi connectivity index (χ3v) is 2.93. The molecule has 0 saturated carbocycles. The number of benzene rings is 1. The van der Waals surface area contributed by atoms with Crippen molar-refractivity contribution in [3.63, 3.8) is 0 Å². The van der Waals surface area contributed by atoms with E-state index in [0.29, 0.717) is 24.2 Å². The highest BCUT2D eigenvalue weighted by Gasteiger charge is 2.13. The molecule has 0 heterocycles. The van der Waals surface area contributed by atoms with Crippen LogP contribution in [0.25, 0.3) is 0 Å². The monoisotopic (exact) mass is 306 g/mol. The van der Waals surface area contributed by atoms with E-state index in [-0.39, 0.29) is 0 Å². The SMILES string of the molecule is CC(C)Nc1cc(NC(C)C)c(NC(C)C)cc1NC(C)C. The van der Waals surface area contributed by atoms with Crippen LogP contribution in [0.3, 0.4) is 0 Å². The van der Waals surface area contributed by atoms with Gasteiger partial charge in [0.25, 0.3) is 0 Å². The van der Waals surface area contributed by atoms with Crippen LogP contribution >= 0.6 is 0 Å². The summed E-state index contributed by atoms with van der Waals surface area (Å²) < 4.78 is 0. The molecule has 1 rings (SSSR count). The summed E-state index contributed by atoms with van der Waals surface area (Å²) in [5.74, 6) is 0. The van der Waals surface area contributed by atoms with Crippen molar-refractivity contribution in [3.8, 4) is 0 Å². The standard InChI is InChI=1S/C18H34N4/c1-11(2)19-15-9-17(21-13(5)6)18(22-14(7)8)10-16(15)20-12(3)4/h9-14,19-22H,1-8H3. The van der Waals surface area contributed by atoms with Gasteiger partial charge in [0.15, 0.2) is 0 Å². The zero-order valence-corrected chi connectivity index (χ0v) is 15.5. The summed E-state index contributed by atoms with van der Waals surface area (Å²) in [5.41, 5.74) is 4.56. The molecular formula is C18H34N4. The smallest absolute Gasteiger partial charge is 0.0600 e. The van der Waals surface area contributed by atoms with Crippen LogP contribution in [0, 0.1) is 0 Å². The van der Waals surface area contributed by atoms with Crippen molar-refractivity contribution in [2.45, 2.75) is 79.6 Å². The van der Waals surface area contributed by atoms with Gasteiger partial charge in [0.2, 0.25) is 0 Å². The molecule has 0 fully saturated rings. The second-order valence-electron chi connectivity index (χ2n) is 7.14. The van der Waals surface area contributed by atoms with Crippen molar-refractivity contribution in [1.29, 1.82) is 0 Å². The average Bonchev–Trinajstić information content (AvgIpc) is 2.31. The molecule has 1 aromatic carbocycles. The van der Waals surface area contributed by atoms with E-state index in [1.165, 1.54) is 0 Å². The van der Waals surface area contributed by atoms with E-state index in [4.69, 9.17) is 0 Å². The van der Waals surface area contributed by atoms with E-state index in [2.05, 4.69) is 88.8 Å². The zero-order valence-electron chi connectivity index (χ0n) is 15.5. The number of hydrogen-bond acceptors (Lipinski definition) is 4. The van der Waals surface area contributed by atoms with E-state index in [1.807, 2.05) is 0 Å². The van der Waals surface area contributed by atoms with E-state index in [0.717, 1.165) is 22.7 Å². The summed E-state index contributed by atoms with van der Waals surface area (Å²) >= 11 is 0. The summed E-state index contributed by atoms with van der Waals surface area (Å²) in [4.78, 5) is 0. The van der Waals surface area contributed by atoms with E-state index in [9.17, 15) is 0 Å². The molecule has 4 nitrogen and oxygen atoms in total. The Morgan fingerprint density at radius 2 is 0.636 bits per heavy atom. The summed E-state index contributed by atoms with van der Waals surface area (Å²) in [6.07, 6.45) is 0. The molecule has 0 aromatic heterocycles. The van der Waals surface area contributed by atoms with Crippen LogP contribution in [0.4, 0.5) is 22.7 Å². The minimum Gasteiger partial charge on any atom is -0.381 e. The highest BCUT2D eigenvalue weighted by atomic mass is 15.0. The van der Waals surface area contributed by atoms with Gasteiger partial charge in [-0.05, 0) is 67.5 Å². The van der Waals surface area contributed by atoms with Gasteiger partial charge in [0.1, 0.15) is 0 Å². The predicted octanol–water partition coefficient (Wildman–Crippen LogP) is 4.97. The summed E-state index contributed by atoms with van der Waals surface area (Å²) in [6, 6.07) is 5.98. The maximum atomic E-state index is 3.54. The number of anilines is 4. The van der Waals surface area contributed by atoms with Crippen molar-refractivity contribution in [3.05, 3.63) is 12.1 Å². The van der Waals surface area contributed by atoms with Crippen molar-refractivity contribution in [2.24, 2.45) is 0 Å². The first-order chi connectivity index (χ1) is 10.2. The molecule has 0 radical (unpaired) electrons. The molecule has 22 heavy (non-hydrogen) atoms. The third kappa shape index (κ3) is 6.04. The fourth-order valence-electron chi connectivity index (χ4n) is 2.32. The van der Waals surface area contributed by atoms with Gasteiger partial charge in [-0.1, -0.05) is 0 Å². The van der Waals surface area contributed by atoms with Crippen LogP contribution in [-0.2, 0) is 0 Å². The molecule has 4 heteroatoms. The lowest BCUT2D eigenvalue weighted by molar-refractivity contribution is 0.874. The van der Waals surface area contributed by atoms with Crippen molar-refractivity contribution in [1.82, 2.24) is 0 Å². The van der Waals surface area contributed by atoms with Crippen molar-refractivity contribution in [2.75, 3.05) is 21.3 Å². The molecule has 0 atom stereocenters. The Morgan fingerprint density at radius 1 is 0.455 bits per heavy atom. The maximum Gasteiger partial charge on any atom is 0.0600 e. The summed E-state index contributed by atoms with van der Waals surface area (Å²) in [5, 5.41) is 14.2. The molecule has 126 valence electrons. The van der Waals surface area contributed by atoms with E-state index in [1.54, 1.807) is 0 Å². The Hall–Kier alpha value is -1.58. The molecule has 0 unspecified atom stereocenters. The first kappa shape index (κ1) is 18.5. The Morgan fingerprint density at radius 3 is 0.773 bits per heavy atom. The van der Waals surface area contributed by atoms with Gasteiger partial charge in [-0.2, -0.15) is 0 Å². The molecule has 0 aliphatic heterocycles. The number of rotatable bonds is 8. The van der Waals surface area contributed by atoms with Crippen LogP contribution in [0.15, 0.2) is 12.1 Å². The van der Waals surface area contributed by atoms with Gasteiger partial charge in [-0.25, -0.2) is 0 Å². The zero-order chi connectivity index (χ0) is 16.9. The Bertz CT molecular complexity index is 382. The van der Waals surface area contributed by atoms with Gasteiger partial charge in [-0.3, -0.25) is 0 Å². The molecule has 4 N–H and O–H groups in total. The van der Waals surface area contributed by atoms with Crippen LogP contribution < -0.4 is 21.3 Å². The molecule has 0 bridgehead atoms. The van der Waals surface area contributed by atoms with Gasteiger partial charge >= 0.3 is 0 Å². The molecular weight excluding hydrogens is 272 g/mol. The van der Waals surface area contributed by atoms with E-state index < -0.39 is 0 Å². The Labute approximate surface area is 136 Å². The first-order valence-corrected chi connectivity index (χ1v) is 8.43. The Kier molecular flexibility index (Phi) is 6.85. The minimum absolute atomic E-state index is 0.392. The van der Waals surface area contributed by atoms with Crippen LogP contribution in [0.1, 0.15) is 55.4 Å². The molecule has 1 aromatic rings. The highest BCUT2D eigenvalue weighted by molar-refractivity contribution is 5.84. The van der Waals surface area contributed by atoms with Crippen molar-refractivity contribution >= 4 is 22.7 Å². The maximum absolute atomic E-state index is 3.54. The number of hydrogen-bond donors (Lipinski definition) is 4. The minimum atomic E-state index is 0.392. The molecule has 0 spiro atoms. The normalized spacial score (nSPS) is 11.5. The molecule has 0 saturated heterocycles. The molecule has 0 aliphatic rings.